The Morgan fingerprint density at radius 2 is 2.12 bits per heavy atom. The van der Waals surface area contributed by atoms with Gasteiger partial charge in [-0.25, -0.2) is 4.79 Å². The maximum Gasteiger partial charge on any atom is 0.339 e. The van der Waals surface area contributed by atoms with Gasteiger partial charge < -0.3 is 4.90 Å². The third-order valence-electron chi connectivity index (χ3n) is 0.547. The van der Waals surface area contributed by atoms with Gasteiger partial charge in [0.25, 0.3) is 0 Å². The number of carbonyl (C=O) groups is 1. The fourth-order valence-electron chi connectivity index (χ4n) is 0.139. The van der Waals surface area contributed by atoms with Gasteiger partial charge in [-0.1, -0.05) is 0 Å². The molecule has 0 atom stereocenters. The Morgan fingerprint density at radius 3 is 2.25 bits per heavy atom. The zero-order valence-corrected chi connectivity index (χ0v) is 4.71. The first-order valence-corrected chi connectivity index (χ1v) is 1.98. The van der Waals surface area contributed by atoms with Crippen LogP contribution in [0.25, 0.3) is 0 Å². The van der Waals surface area contributed by atoms with Gasteiger partial charge in [0.15, 0.2) is 0 Å². The second-order valence-corrected chi connectivity index (χ2v) is 1.40. The molecule has 0 saturated carbocycles. The summed E-state index contributed by atoms with van der Waals surface area (Å²) in [6.45, 7) is 0. The standard InChI is InChI=1S/C3H7N3O2/c1-6(2)3(7)4-5-8/h1-2H3,(H,4,7,8). The first-order chi connectivity index (χ1) is 3.68. The average Bonchev–Trinajstić information content (AvgIpc) is 1.67. The Morgan fingerprint density at radius 1 is 1.62 bits per heavy atom. The van der Waals surface area contributed by atoms with E-state index in [4.69, 9.17) is 0 Å². The van der Waals surface area contributed by atoms with Gasteiger partial charge in [-0.15, -0.1) is 4.91 Å². The number of rotatable bonds is 1. The SMILES string of the molecule is CN(C)C(=O)NN=O. The van der Waals surface area contributed by atoms with E-state index in [1.807, 2.05) is 0 Å². The highest BCUT2D eigenvalue weighted by atomic mass is 16.3. The molecule has 0 aliphatic rings. The highest BCUT2D eigenvalue weighted by molar-refractivity contribution is 5.72. The highest BCUT2D eigenvalue weighted by Crippen LogP contribution is 1.73. The van der Waals surface area contributed by atoms with E-state index in [-0.39, 0.29) is 0 Å². The smallest absolute Gasteiger partial charge is 0.329 e. The van der Waals surface area contributed by atoms with Crippen molar-refractivity contribution in [2.45, 2.75) is 0 Å². The van der Waals surface area contributed by atoms with E-state index in [2.05, 4.69) is 5.29 Å². The minimum absolute atomic E-state index is 0.514. The predicted octanol–water partition coefficient (Wildman–Crippen LogP) is -0.0610. The van der Waals surface area contributed by atoms with E-state index in [9.17, 15) is 9.70 Å². The summed E-state index contributed by atoms with van der Waals surface area (Å²) >= 11 is 0. The minimum Gasteiger partial charge on any atom is -0.329 e. The van der Waals surface area contributed by atoms with E-state index >= 15 is 0 Å². The van der Waals surface area contributed by atoms with Crippen molar-refractivity contribution in [1.29, 1.82) is 0 Å². The van der Waals surface area contributed by atoms with Gasteiger partial charge in [0.1, 0.15) is 0 Å². The van der Waals surface area contributed by atoms with Crippen LogP contribution < -0.4 is 5.43 Å². The van der Waals surface area contributed by atoms with Gasteiger partial charge >= 0.3 is 6.03 Å². The van der Waals surface area contributed by atoms with Crippen LogP contribution in [0.3, 0.4) is 0 Å². The van der Waals surface area contributed by atoms with E-state index in [0.29, 0.717) is 0 Å². The lowest BCUT2D eigenvalue weighted by Crippen LogP contribution is -2.30. The molecular weight excluding hydrogens is 110 g/mol. The molecule has 0 fully saturated rings. The monoisotopic (exact) mass is 117 g/mol. The number of amides is 2. The number of nitrogens with one attached hydrogen (secondary N) is 1. The molecule has 0 aliphatic carbocycles. The van der Waals surface area contributed by atoms with Crippen LogP contribution in [0.2, 0.25) is 0 Å². The van der Waals surface area contributed by atoms with Crippen LogP contribution in [0, 0.1) is 4.91 Å². The van der Waals surface area contributed by atoms with E-state index in [1.54, 1.807) is 5.43 Å². The van der Waals surface area contributed by atoms with Crippen molar-refractivity contribution >= 4 is 6.03 Å². The molecule has 0 saturated heterocycles. The minimum atomic E-state index is -0.514. The van der Waals surface area contributed by atoms with Crippen LogP contribution in [0.4, 0.5) is 4.79 Å². The van der Waals surface area contributed by atoms with Crippen molar-refractivity contribution in [2.24, 2.45) is 5.29 Å². The fourth-order valence-corrected chi connectivity index (χ4v) is 0.139. The van der Waals surface area contributed by atoms with Gasteiger partial charge in [0.2, 0.25) is 0 Å². The van der Waals surface area contributed by atoms with E-state index < -0.39 is 6.03 Å². The largest absolute Gasteiger partial charge is 0.339 e. The summed E-state index contributed by atoms with van der Waals surface area (Å²) in [5, 5.41) is 2.17. The molecule has 0 aromatic carbocycles. The van der Waals surface area contributed by atoms with Gasteiger partial charge in [-0.3, -0.25) is 0 Å². The third kappa shape index (κ3) is 2.12. The van der Waals surface area contributed by atoms with Crippen molar-refractivity contribution in [3.8, 4) is 0 Å². The van der Waals surface area contributed by atoms with Gasteiger partial charge in [0.05, 0.1) is 5.29 Å². The molecule has 2 amide bonds. The van der Waals surface area contributed by atoms with Crippen LogP contribution in [0.15, 0.2) is 5.29 Å². The normalized spacial score (nSPS) is 7.75. The highest BCUT2D eigenvalue weighted by Gasteiger charge is 1.98. The number of nitroso groups, excluding NO2 is 1. The molecule has 0 heterocycles. The lowest BCUT2D eigenvalue weighted by Gasteiger charge is -2.04. The first kappa shape index (κ1) is 6.87. The van der Waals surface area contributed by atoms with Crippen molar-refractivity contribution in [1.82, 2.24) is 10.3 Å². The fraction of sp³-hybridized carbons (Fsp3) is 0.667. The second kappa shape index (κ2) is 2.95. The topological polar surface area (TPSA) is 61.8 Å². The van der Waals surface area contributed by atoms with Crippen LogP contribution in [0.5, 0.6) is 0 Å². The molecule has 0 aliphatic heterocycles. The number of hydrogen-bond donors (Lipinski definition) is 1. The molecule has 0 radical (unpaired) electrons. The summed E-state index contributed by atoms with van der Waals surface area (Å²) in [7, 11) is 3.03. The summed E-state index contributed by atoms with van der Waals surface area (Å²) in [4.78, 5) is 20.8. The van der Waals surface area contributed by atoms with Crippen molar-refractivity contribution in [3.63, 3.8) is 0 Å². The quantitative estimate of drug-likeness (QED) is 0.386. The molecule has 5 heteroatoms. The van der Waals surface area contributed by atoms with Gasteiger partial charge in [-0.05, 0) is 0 Å². The Bertz CT molecular complexity index is 101. The average molecular weight is 117 g/mol. The van der Waals surface area contributed by atoms with Crippen LogP contribution in [-0.2, 0) is 0 Å². The zero-order valence-electron chi connectivity index (χ0n) is 4.71. The lowest BCUT2D eigenvalue weighted by molar-refractivity contribution is 0.218. The number of urea groups is 1. The first-order valence-electron chi connectivity index (χ1n) is 1.98. The summed E-state index contributed by atoms with van der Waals surface area (Å²) in [6, 6.07) is -0.514. The van der Waals surface area contributed by atoms with Crippen LogP contribution >= 0.6 is 0 Å². The van der Waals surface area contributed by atoms with Crippen molar-refractivity contribution in [3.05, 3.63) is 4.91 Å². The Labute approximate surface area is 46.6 Å². The number of hydrogen-bond acceptors (Lipinski definition) is 3. The molecular formula is C3H7N3O2. The molecule has 0 bridgehead atoms. The molecule has 0 aromatic heterocycles. The summed E-state index contributed by atoms with van der Waals surface area (Å²) < 4.78 is 0. The zero-order chi connectivity index (χ0) is 6.57. The number of nitrogens with zero attached hydrogens (tertiary/aromatic N) is 2. The maximum atomic E-state index is 10.3. The molecule has 5 nitrogen and oxygen atoms in total. The lowest BCUT2D eigenvalue weighted by atomic mass is 10.9. The maximum absolute atomic E-state index is 10.3. The second-order valence-electron chi connectivity index (χ2n) is 1.40. The number of carbonyl (C=O) groups excluding carboxylic acids is 1. The van der Waals surface area contributed by atoms with E-state index in [0.717, 1.165) is 0 Å². The Hall–Kier alpha value is -1.13. The molecule has 0 spiro atoms. The molecule has 8 heavy (non-hydrogen) atoms. The summed E-state index contributed by atoms with van der Waals surface area (Å²) in [6.07, 6.45) is 0. The van der Waals surface area contributed by atoms with Crippen LogP contribution in [-0.4, -0.2) is 25.0 Å². The molecule has 0 rings (SSSR count). The predicted molar refractivity (Wildman–Crippen MR) is 28.0 cm³/mol. The van der Waals surface area contributed by atoms with Crippen LogP contribution in [0.1, 0.15) is 0 Å². The van der Waals surface area contributed by atoms with E-state index in [1.165, 1.54) is 19.0 Å². The Kier molecular flexibility index (Phi) is 2.53. The van der Waals surface area contributed by atoms with Crippen molar-refractivity contribution < 1.29 is 4.79 Å². The summed E-state index contributed by atoms with van der Waals surface area (Å²) in [5.74, 6) is 0. The van der Waals surface area contributed by atoms with Crippen molar-refractivity contribution in [2.75, 3.05) is 14.1 Å². The molecule has 1 N–H and O–H groups in total. The molecule has 46 valence electrons. The molecule has 0 aromatic rings. The Balaban J connectivity index is 3.48. The summed E-state index contributed by atoms with van der Waals surface area (Å²) in [5.41, 5.74) is 1.70. The van der Waals surface area contributed by atoms with Gasteiger partial charge in [0, 0.05) is 14.1 Å². The molecule has 0 unspecified atom stereocenters. The third-order valence-corrected chi connectivity index (χ3v) is 0.547. The van der Waals surface area contributed by atoms with Gasteiger partial charge in [-0.2, -0.15) is 5.43 Å².